The third-order valence-corrected chi connectivity index (χ3v) is 5.48. The largest absolute Gasteiger partial charge is 0.356 e. The second-order valence-corrected chi connectivity index (χ2v) is 7.57. The van der Waals surface area contributed by atoms with Crippen molar-refractivity contribution in [2.75, 3.05) is 26.7 Å². The first kappa shape index (κ1) is 20.1. The quantitative estimate of drug-likeness (QED) is 0.502. The van der Waals surface area contributed by atoms with Gasteiger partial charge in [-0.1, -0.05) is 41.6 Å². The molecule has 30 heavy (non-hydrogen) atoms. The number of benzene rings is 1. The number of hydrogen-bond donors (Lipinski definition) is 1. The van der Waals surface area contributed by atoms with Crippen molar-refractivity contribution in [3.8, 4) is 11.6 Å². The van der Waals surface area contributed by atoms with Gasteiger partial charge in [-0.15, -0.1) is 0 Å². The zero-order valence-electron chi connectivity index (χ0n) is 17.4. The molecule has 4 rings (SSSR count). The van der Waals surface area contributed by atoms with E-state index in [0.717, 1.165) is 31.4 Å². The number of aromatic nitrogens is 3. The Morgan fingerprint density at radius 3 is 2.67 bits per heavy atom. The van der Waals surface area contributed by atoms with Crippen LogP contribution in [0.5, 0.6) is 0 Å². The molecule has 0 radical (unpaired) electrons. The van der Waals surface area contributed by atoms with E-state index in [-0.39, 0.29) is 0 Å². The molecule has 1 aromatic carbocycles. The maximum absolute atomic E-state index is 5.32. The zero-order valence-corrected chi connectivity index (χ0v) is 17.4. The smallest absolute Gasteiger partial charge is 0.276 e. The molecule has 0 bridgehead atoms. The van der Waals surface area contributed by atoms with Crippen molar-refractivity contribution in [1.82, 2.24) is 25.3 Å². The minimum Gasteiger partial charge on any atom is -0.356 e. The Morgan fingerprint density at radius 1 is 1.13 bits per heavy atom. The normalized spacial score (nSPS) is 15.4. The van der Waals surface area contributed by atoms with Gasteiger partial charge in [0, 0.05) is 39.3 Å². The molecule has 1 fully saturated rings. The summed E-state index contributed by atoms with van der Waals surface area (Å²) in [6, 6.07) is 16.4. The Morgan fingerprint density at radius 2 is 1.93 bits per heavy atom. The van der Waals surface area contributed by atoms with Crippen LogP contribution in [0, 0.1) is 5.92 Å². The molecule has 1 saturated heterocycles. The van der Waals surface area contributed by atoms with Crippen molar-refractivity contribution in [3.63, 3.8) is 0 Å². The van der Waals surface area contributed by atoms with Gasteiger partial charge in [-0.05, 0) is 42.9 Å². The number of aliphatic imine (C=N–C) groups is 1. The van der Waals surface area contributed by atoms with E-state index >= 15 is 0 Å². The molecule has 0 atom stereocenters. The highest BCUT2D eigenvalue weighted by Crippen LogP contribution is 2.21. The van der Waals surface area contributed by atoms with Crippen molar-refractivity contribution >= 4 is 5.96 Å². The van der Waals surface area contributed by atoms with E-state index in [1.165, 1.54) is 18.4 Å². The minimum atomic E-state index is 0.454. The van der Waals surface area contributed by atoms with Gasteiger partial charge < -0.3 is 14.7 Å². The van der Waals surface area contributed by atoms with Gasteiger partial charge in [0.1, 0.15) is 5.69 Å². The van der Waals surface area contributed by atoms with Crippen LogP contribution in [0.25, 0.3) is 11.6 Å². The number of nitrogens with one attached hydrogen (secondary N) is 1. The molecule has 1 aliphatic heterocycles. The molecular weight excluding hydrogens is 376 g/mol. The van der Waals surface area contributed by atoms with Crippen LogP contribution in [0.15, 0.2) is 64.2 Å². The van der Waals surface area contributed by atoms with Crippen LogP contribution < -0.4 is 5.32 Å². The van der Waals surface area contributed by atoms with Crippen LogP contribution in [0.4, 0.5) is 0 Å². The third kappa shape index (κ3) is 5.23. The fourth-order valence-electron chi connectivity index (χ4n) is 3.86. The lowest BCUT2D eigenvalue weighted by molar-refractivity contribution is 0.259. The summed E-state index contributed by atoms with van der Waals surface area (Å²) < 4.78 is 5.32. The number of pyridine rings is 1. The van der Waals surface area contributed by atoms with Gasteiger partial charge in [0.15, 0.2) is 11.8 Å². The van der Waals surface area contributed by atoms with E-state index < -0.39 is 0 Å². The van der Waals surface area contributed by atoms with E-state index in [1.54, 1.807) is 6.20 Å². The van der Waals surface area contributed by atoms with E-state index in [0.29, 0.717) is 30.4 Å². The van der Waals surface area contributed by atoms with Crippen LogP contribution in [0.1, 0.15) is 24.2 Å². The fraction of sp³-hybridized carbons (Fsp3) is 0.391. The minimum absolute atomic E-state index is 0.454. The molecule has 7 nitrogen and oxygen atoms in total. The Balaban J connectivity index is 1.22. The third-order valence-electron chi connectivity index (χ3n) is 5.48. The second kappa shape index (κ2) is 10.0. The number of nitrogens with zero attached hydrogens (tertiary/aromatic N) is 5. The van der Waals surface area contributed by atoms with Gasteiger partial charge >= 0.3 is 0 Å². The Bertz CT molecular complexity index is 933. The average Bonchev–Trinajstić information content (AvgIpc) is 3.28. The lowest BCUT2D eigenvalue weighted by Crippen LogP contribution is -2.46. The maximum Gasteiger partial charge on any atom is 0.276 e. The topological polar surface area (TPSA) is 79.4 Å². The maximum atomic E-state index is 5.32. The fourth-order valence-corrected chi connectivity index (χ4v) is 3.86. The highest BCUT2D eigenvalue weighted by atomic mass is 16.5. The van der Waals surface area contributed by atoms with Crippen molar-refractivity contribution in [2.45, 2.75) is 25.7 Å². The van der Waals surface area contributed by atoms with E-state index in [1.807, 2.05) is 25.2 Å². The van der Waals surface area contributed by atoms with Gasteiger partial charge in [-0.2, -0.15) is 4.98 Å². The van der Waals surface area contributed by atoms with Crippen LogP contribution in [-0.4, -0.2) is 52.7 Å². The number of rotatable bonds is 6. The average molecular weight is 405 g/mol. The molecule has 0 amide bonds. The van der Waals surface area contributed by atoms with Crippen LogP contribution in [0.3, 0.4) is 0 Å². The molecule has 0 unspecified atom stereocenters. The first-order valence-electron chi connectivity index (χ1n) is 10.6. The number of piperidine rings is 1. The highest BCUT2D eigenvalue weighted by Gasteiger charge is 2.21. The van der Waals surface area contributed by atoms with E-state index in [9.17, 15) is 0 Å². The number of hydrogen-bond acceptors (Lipinski definition) is 5. The van der Waals surface area contributed by atoms with Gasteiger partial charge in [-0.3, -0.25) is 9.98 Å². The molecule has 3 heterocycles. The summed E-state index contributed by atoms with van der Waals surface area (Å²) in [7, 11) is 1.84. The number of guanidine groups is 1. The van der Waals surface area contributed by atoms with E-state index in [4.69, 9.17) is 4.52 Å². The molecular formula is C23H28N6O. The lowest BCUT2D eigenvalue weighted by atomic mass is 9.90. The summed E-state index contributed by atoms with van der Waals surface area (Å²) in [5.41, 5.74) is 2.13. The summed E-state index contributed by atoms with van der Waals surface area (Å²) in [4.78, 5) is 15.5. The Kier molecular flexibility index (Phi) is 6.69. The van der Waals surface area contributed by atoms with Crippen molar-refractivity contribution in [2.24, 2.45) is 10.9 Å². The number of likely N-dealkylation sites (tertiary alicyclic amines) is 1. The van der Waals surface area contributed by atoms with Gasteiger partial charge in [-0.25, -0.2) is 0 Å². The van der Waals surface area contributed by atoms with Gasteiger partial charge in [0.2, 0.25) is 0 Å². The standard InChI is InChI=1S/C23H28N6O/c1-24-23(29-15-11-19(12-16-29)17-18-7-3-2-4-8-18)26-14-10-21-27-22(30-28-21)20-9-5-6-13-25-20/h2-9,13,19H,10-12,14-17H2,1H3,(H,24,26). The van der Waals surface area contributed by atoms with Crippen molar-refractivity contribution in [3.05, 3.63) is 66.1 Å². The molecule has 3 aromatic rings. The lowest BCUT2D eigenvalue weighted by Gasteiger charge is -2.34. The van der Waals surface area contributed by atoms with Crippen molar-refractivity contribution in [1.29, 1.82) is 0 Å². The molecule has 156 valence electrons. The molecule has 2 aromatic heterocycles. The van der Waals surface area contributed by atoms with Crippen LogP contribution in [0.2, 0.25) is 0 Å². The highest BCUT2D eigenvalue weighted by molar-refractivity contribution is 5.79. The predicted octanol–water partition coefficient (Wildman–Crippen LogP) is 3.20. The van der Waals surface area contributed by atoms with Crippen molar-refractivity contribution < 1.29 is 4.52 Å². The molecule has 0 aliphatic carbocycles. The SMILES string of the molecule is CN=C(NCCc1noc(-c2ccccn2)n1)N1CCC(Cc2ccccc2)CC1. The van der Waals surface area contributed by atoms with Gasteiger partial charge in [0.05, 0.1) is 0 Å². The first-order valence-corrected chi connectivity index (χ1v) is 10.6. The van der Waals surface area contributed by atoms with E-state index in [2.05, 4.69) is 60.7 Å². The molecule has 0 saturated carbocycles. The molecule has 1 aliphatic rings. The summed E-state index contributed by atoms with van der Waals surface area (Å²) in [6.07, 6.45) is 5.92. The zero-order chi connectivity index (χ0) is 20.6. The molecule has 1 N–H and O–H groups in total. The Labute approximate surface area is 177 Å². The second-order valence-electron chi connectivity index (χ2n) is 7.57. The van der Waals surface area contributed by atoms with Gasteiger partial charge in [0.25, 0.3) is 5.89 Å². The predicted molar refractivity (Wildman–Crippen MR) is 117 cm³/mol. The first-order chi connectivity index (χ1) is 14.8. The molecule has 0 spiro atoms. The Hall–Kier alpha value is -3.22. The van der Waals surface area contributed by atoms with Crippen LogP contribution >= 0.6 is 0 Å². The van der Waals surface area contributed by atoms with Crippen LogP contribution in [-0.2, 0) is 12.8 Å². The molecule has 7 heteroatoms. The summed E-state index contributed by atoms with van der Waals surface area (Å²) in [5, 5.41) is 7.50. The summed E-state index contributed by atoms with van der Waals surface area (Å²) >= 11 is 0. The summed E-state index contributed by atoms with van der Waals surface area (Å²) in [5.74, 6) is 2.81. The summed E-state index contributed by atoms with van der Waals surface area (Å²) in [6.45, 7) is 2.77. The monoisotopic (exact) mass is 404 g/mol.